The van der Waals surface area contributed by atoms with E-state index in [4.69, 9.17) is 13.8 Å². The van der Waals surface area contributed by atoms with E-state index in [-0.39, 0.29) is 0 Å². The second-order valence-electron chi connectivity index (χ2n) is 16.3. The molecule has 0 amide bonds. The number of hydrogen-bond acceptors (Lipinski definition) is 3. The molecule has 4 heterocycles. The van der Waals surface area contributed by atoms with E-state index >= 15 is 0 Å². The van der Waals surface area contributed by atoms with Crippen LogP contribution in [0, 0.1) is 0 Å². The molecule has 294 valence electrons. The molecule has 0 saturated heterocycles. The number of nitrogens with zero attached hydrogens (tertiary/aromatic N) is 2. The van der Waals surface area contributed by atoms with Gasteiger partial charge in [-0.25, -0.2) is 4.98 Å². The Kier molecular flexibility index (Phi) is 7.87. The minimum atomic E-state index is 0.844. The van der Waals surface area contributed by atoms with Crippen LogP contribution in [0.25, 0.3) is 127 Å². The van der Waals surface area contributed by atoms with E-state index in [1.165, 1.54) is 27.4 Å². The van der Waals surface area contributed by atoms with E-state index in [9.17, 15) is 0 Å². The van der Waals surface area contributed by atoms with Crippen molar-refractivity contribution in [1.29, 1.82) is 0 Å². The lowest BCUT2D eigenvalue weighted by Gasteiger charge is -2.11. The molecular weight excluding hydrogens is 769 g/mol. The summed E-state index contributed by atoms with van der Waals surface area (Å²) in [6.07, 6.45) is 0. The molecule has 4 nitrogen and oxygen atoms in total. The van der Waals surface area contributed by atoms with Crippen molar-refractivity contribution >= 4 is 65.7 Å². The summed E-state index contributed by atoms with van der Waals surface area (Å²) in [5.41, 5.74) is 17.5. The third-order valence-electron chi connectivity index (χ3n) is 12.6. The van der Waals surface area contributed by atoms with Crippen molar-refractivity contribution in [3.63, 3.8) is 0 Å². The number of pyridine rings is 1. The third kappa shape index (κ3) is 5.80. The van der Waals surface area contributed by atoms with Crippen LogP contribution in [0.4, 0.5) is 0 Å². The van der Waals surface area contributed by atoms with Crippen LogP contribution >= 0.6 is 0 Å². The molecule has 0 aliphatic carbocycles. The molecule has 0 fully saturated rings. The molecule has 0 spiro atoms. The Labute approximate surface area is 362 Å². The topological polar surface area (TPSA) is 44.1 Å². The first-order chi connectivity index (χ1) is 31.2. The summed E-state index contributed by atoms with van der Waals surface area (Å²) in [5, 5.41) is 6.79. The average Bonchev–Trinajstić information content (AvgIpc) is 4.03. The van der Waals surface area contributed by atoms with Gasteiger partial charge in [0.25, 0.3) is 0 Å². The molecule has 4 heteroatoms. The maximum atomic E-state index is 6.61. The van der Waals surface area contributed by atoms with Crippen LogP contribution in [0.15, 0.2) is 227 Å². The van der Waals surface area contributed by atoms with Crippen LogP contribution in [0.1, 0.15) is 0 Å². The summed E-state index contributed by atoms with van der Waals surface area (Å²) in [5.74, 6) is 0. The number of rotatable bonds is 6. The van der Waals surface area contributed by atoms with Gasteiger partial charge in [0.15, 0.2) is 0 Å². The van der Waals surface area contributed by atoms with Gasteiger partial charge < -0.3 is 13.4 Å². The molecule has 13 aromatic rings. The fraction of sp³-hybridized carbons (Fsp3) is 0. The molecule has 4 aromatic heterocycles. The zero-order valence-electron chi connectivity index (χ0n) is 34.0. The standard InChI is InChI=1S/C59H36N2O2/c1-4-13-37(14-5-1)39-25-29-53-49(31-39)46-27-23-41(35-54(46)61(53)44-17-8-3-9-18-44)40-26-30-56-50(32-40)59-45(20-12-22-57(59)62-56)43-33-51(38-15-6-2-7-16-38)60-52(34-43)42-24-28-48-47-19-10-11-21-55(47)63-58(48)36-42/h1-36H. The molecule has 9 aromatic carbocycles. The normalized spacial score (nSPS) is 11.8. The summed E-state index contributed by atoms with van der Waals surface area (Å²) in [7, 11) is 0. The SMILES string of the molecule is c1ccc(-c2ccc3c(c2)c2ccc(-c4ccc5oc6cccc(-c7cc(-c8ccccc8)nc(-c8ccc9c(c8)oc8ccccc89)c7)c6c5c4)cc2n3-c2ccccc2)cc1. The molecule has 0 radical (unpaired) electrons. The quantitative estimate of drug-likeness (QED) is 0.168. The molecule has 0 aliphatic heterocycles. The largest absolute Gasteiger partial charge is 0.456 e. The molecular formula is C59H36N2O2. The van der Waals surface area contributed by atoms with E-state index in [1.54, 1.807) is 0 Å². The van der Waals surface area contributed by atoms with Crippen LogP contribution in [-0.4, -0.2) is 9.55 Å². The highest BCUT2D eigenvalue weighted by Gasteiger charge is 2.19. The first-order valence-electron chi connectivity index (χ1n) is 21.3. The predicted molar refractivity (Wildman–Crippen MR) is 260 cm³/mol. The molecule has 0 aliphatic rings. The molecule has 63 heavy (non-hydrogen) atoms. The Morgan fingerprint density at radius 1 is 0.302 bits per heavy atom. The van der Waals surface area contributed by atoms with Crippen molar-refractivity contribution in [1.82, 2.24) is 9.55 Å². The van der Waals surface area contributed by atoms with Crippen molar-refractivity contribution in [2.45, 2.75) is 0 Å². The summed E-state index contributed by atoms with van der Waals surface area (Å²) >= 11 is 0. The lowest BCUT2D eigenvalue weighted by atomic mass is 9.95. The molecule has 0 bridgehead atoms. The van der Waals surface area contributed by atoms with Crippen molar-refractivity contribution < 1.29 is 8.83 Å². The Bertz CT molecular complexity index is 3900. The van der Waals surface area contributed by atoms with Gasteiger partial charge in [-0.05, 0) is 112 Å². The Balaban J connectivity index is 0.981. The van der Waals surface area contributed by atoms with E-state index in [0.717, 1.165) is 99.8 Å². The van der Waals surface area contributed by atoms with Gasteiger partial charge in [-0.15, -0.1) is 0 Å². The molecule has 0 N–H and O–H groups in total. The van der Waals surface area contributed by atoms with E-state index < -0.39 is 0 Å². The predicted octanol–water partition coefficient (Wildman–Crippen LogP) is 16.3. The summed E-state index contributed by atoms with van der Waals surface area (Å²) in [6.45, 7) is 0. The number of benzene rings is 9. The van der Waals surface area contributed by atoms with Crippen LogP contribution in [-0.2, 0) is 0 Å². The highest BCUT2D eigenvalue weighted by molar-refractivity contribution is 6.15. The lowest BCUT2D eigenvalue weighted by molar-refractivity contribution is 0.668. The number of fused-ring (bicyclic) bond motifs is 9. The van der Waals surface area contributed by atoms with Gasteiger partial charge in [-0.2, -0.15) is 0 Å². The smallest absolute Gasteiger partial charge is 0.136 e. The monoisotopic (exact) mass is 804 g/mol. The number of aromatic nitrogens is 2. The Morgan fingerprint density at radius 3 is 1.73 bits per heavy atom. The second-order valence-corrected chi connectivity index (χ2v) is 16.3. The Morgan fingerprint density at radius 2 is 0.889 bits per heavy atom. The highest BCUT2D eigenvalue weighted by Crippen LogP contribution is 2.42. The van der Waals surface area contributed by atoms with Crippen LogP contribution in [0.2, 0.25) is 0 Å². The van der Waals surface area contributed by atoms with Gasteiger partial charge >= 0.3 is 0 Å². The van der Waals surface area contributed by atoms with Crippen molar-refractivity contribution in [2.24, 2.45) is 0 Å². The van der Waals surface area contributed by atoms with Crippen LogP contribution < -0.4 is 0 Å². The minimum absolute atomic E-state index is 0.844. The van der Waals surface area contributed by atoms with Gasteiger partial charge in [-0.3, -0.25) is 0 Å². The second kappa shape index (κ2) is 14.1. The molecule has 0 saturated carbocycles. The van der Waals surface area contributed by atoms with Crippen LogP contribution in [0.3, 0.4) is 0 Å². The van der Waals surface area contributed by atoms with E-state index in [0.29, 0.717) is 0 Å². The highest BCUT2D eigenvalue weighted by atomic mass is 16.3. The van der Waals surface area contributed by atoms with Gasteiger partial charge in [0.05, 0.1) is 22.4 Å². The van der Waals surface area contributed by atoms with Gasteiger partial charge in [0.1, 0.15) is 22.3 Å². The maximum absolute atomic E-state index is 6.61. The van der Waals surface area contributed by atoms with Crippen molar-refractivity contribution in [3.05, 3.63) is 218 Å². The number of para-hydroxylation sites is 2. The van der Waals surface area contributed by atoms with Gasteiger partial charge in [0, 0.05) is 49.1 Å². The number of furan rings is 2. The fourth-order valence-corrected chi connectivity index (χ4v) is 9.59. The maximum Gasteiger partial charge on any atom is 0.136 e. The molecule has 0 atom stereocenters. The lowest BCUT2D eigenvalue weighted by Crippen LogP contribution is -1.93. The summed E-state index contributed by atoms with van der Waals surface area (Å²) in [6, 6.07) is 77.4. The van der Waals surface area contributed by atoms with Gasteiger partial charge in [-0.1, -0.05) is 140 Å². The zero-order valence-corrected chi connectivity index (χ0v) is 34.0. The molecule has 0 unspecified atom stereocenters. The van der Waals surface area contributed by atoms with E-state index in [1.807, 2.05) is 18.2 Å². The summed E-state index contributed by atoms with van der Waals surface area (Å²) < 4.78 is 15.3. The number of hydrogen-bond donors (Lipinski definition) is 0. The third-order valence-corrected chi connectivity index (χ3v) is 12.6. The van der Waals surface area contributed by atoms with Gasteiger partial charge in [0.2, 0.25) is 0 Å². The minimum Gasteiger partial charge on any atom is -0.456 e. The van der Waals surface area contributed by atoms with Crippen molar-refractivity contribution in [3.8, 4) is 61.6 Å². The Hall–Kier alpha value is -8.47. The zero-order chi connectivity index (χ0) is 41.4. The first kappa shape index (κ1) is 35.3. The van der Waals surface area contributed by atoms with E-state index in [2.05, 4.69) is 205 Å². The first-order valence-corrected chi connectivity index (χ1v) is 21.3. The fourth-order valence-electron chi connectivity index (χ4n) is 9.59. The summed E-state index contributed by atoms with van der Waals surface area (Å²) in [4.78, 5) is 5.27. The average molecular weight is 805 g/mol. The van der Waals surface area contributed by atoms with Crippen LogP contribution in [0.5, 0.6) is 0 Å². The molecule has 13 rings (SSSR count). The van der Waals surface area contributed by atoms with Crippen molar-refractivity contribution in [2.75, 3.05) is 0 Å².